The van der Waals surface area contributed by atoms with Crippen LogP contribution in [-0.4, -0.2) is 49.5 Å². The van der Waals surface area contributed by atoms with Gasteiger partial charge in [0.1, 0.15) is 12.3 Å². The summed E-state index contributed by atoms with van der Waals surface area (Å²) in [5.41, 5.74) is 8.42. The number of aliphatic imine (C=N–C) groups is 1. The number of nitrogens with zero attached hydrogens (tertiary/aromatic N) is 3. The van der Waals surface area contributed by atoms with E-state index in [-0.39, 0.29) is 29.8 Å². The summed E-state index contributed by atoms with van der Waals surface area (Å²) in [7, 11) is 1.77. The van der Waals surface area contributed by atoms with Gasteiger partial charge in [0.25, 0.3) is 0 Å². The van der Waals surface area contributed by atoms with Crippen molar-refractivity contribution in [1.29, 1.82) is 0 Å². The monoisotopic (exact) mass is 466 g/mol. The van der Waals surface area contributed by atoms with Crippen molar-refractivity contribution in [3.63, 3.8) is 0 Å². The molecule has 0 bridgehead atoms. The predicted molar refractivity (Wildman–Crippen MR) is 133 cm³/mol. The van der Waals surface area contributed by atoms with Gasteiger partial charge in [-0.1, -0.05) is 45.0 Å². The van der Waals surface area contributed by atoms with Gasteiger partial charge in [0.2, 0.25) is 5.91 Å². The Morgan fingerprint density at radius 3 is 2.56 bits per heavy atom. The molecule has 0 aliphatic carbocycles. The van der Waals surface area contributed by atoms with E-state index in [1.807, 2.05) is 69.3 Å². The molecule has 182 valence electrons. The zero-order valence-electron chi connectivity index (χ0n) is 20.4. The van der Waals surface area contributed by atoms with Crippen LogP contribution in [0.2, 0.25) is 0 Å². The fourth-order valence-corrected chi connectivity index (χ4v) is 3.42. The summed E-state index contributed by atoms with van der Waals surface area (Å²) in [5.74, 6) is 0.621. The van der Waals surface area contributed by atoms with Crippen molar-refractivity contribution in [3.05, 3.63) is 54.1 Å². The highest BCUT2D eigenvalue weighted by molar-refractivity contribution is 5.92. The van der Waals surface area contributed by atoms with Crippen molar-refractivity contribution in [3.8, 4) is 5.75 Å². The van der Waals surface area contributed by atoms with Gasteiger partial charge in [-0.25, -0.2) is 4.99 Å². The second-order valence-electron chi connectivity index (χ2n) is 9.54. The van der Waals surface area contributed by atoms with E-state index in [4.69, 9.17) is 15.2 Å². The molecule has 0 saturated carbocycles. The molecule has 1 heterocycles. The summed E-state index contributed by atoms with van der Waals surface area (Å²) >= 11 is 0. The minimum Gasteiger partial charge on any atom is -0.493 e. The summed E-state index contributed by atoms with van der Waals surface area (Å²) in [4.78, 5) is 32.5. The summed E-state index contributed by atoms with van der Waals surface area (Å²) in [6, 6.07) is 15.1. The Bertz CT molecular complexity index is 1030. The molecule has 2 aromatic rings. The van der Waals surface area contributed by atoms with Crippen molar-refractivity contribution in [2.75, 3.05) is 31.7 Å². The van der Waals surface area contributed by atoms with Crippen molar-refractivity contribution < 1.29 is 19.1 Å². The standard InChI is InChI=1S/C26H34N4O4/c1-26(2,3)18-34-24(32)17-30-16-20-21(28-25(30)27)12-8-13-22(20)33-15-9-14-23(31)29(4)19-10-6-5-7-11-19/h5-8,10-13H,9,14-18H2,1-4H3,(H2,27,28). The molecule has 3 rings (SSSR count). The van der Waals surface area contributed by atoms with Gasteiger partial charge in [0, 0.05) is 24.7 Å². The van der Waals surface area contributed by atoms with Gasteiger partial charge >= 0.3 is 5.97 Å². The quantitative estimate of drug-likeness (QED) is 0.445. The van der Waals surface area contributed by atoms with E-state index < -0.39 is 0 Å². The molecule has 8 nitrogen and oxygen atoms in total. The van der Waals surface area contributed by atoms with Gasteiger partial charge < -0.3 is 25.0 Å². The fourth-order valence-electron chi connectivity index (χ4n) is 3.42. The Morgan fingerprint density at radius 2 is 1.85 bits per heavy atom. The third kappa shape index (κ3) is 6.97. The number of guanidine groups is 1. The second-order valence-corrected chi connectivity index (χ2v) is 9.54. The number of ether oxygens (including phenoxy) is 2. The van der Waals surface area contributed by atoms with Crippen molar-refractivity contribution in [2.24, 2.45) is 16.1 Å². The molecule has 0 spiro atoms. The molecule has 34 heavy (non-hydrogen) atoms. The van der Waals surface area contributed by atoms with Gasteiger partial charge in [-0.05, 0) is 36.1 Å². The summed E-state index contributed by atoms with van der Waals surface area (Å²) in [5, 5.41) is 0. The minimum absolute atomic E-state index is 0.0134. The van der Waals surface area contributed by atoms with E-state index in [1.165, 1.54) is 0 Å². The van der Waals surface area contributed by atoms with Crippen LogP contribution in [-0.2, 0) is 20.9 Å². The van der Waals surface area contributed by atoms with Crippen LogP contribution in [0.3, 0.4) is 0 Å². The number of anilines is 1. The van der Waals surface area contributed by atoms with Crippen LogP contribution in [0, 0.1) is 5.41 Å². The lowest BCUT2D eigenvalue weighted by Crippen LogP contribution is -2.42. The number of carbonyl (C=O) groups excluding carboxylic acids is 2. The van der Waals surface area contributed by atoms with Gasteiger partial charge in [-0.2, -0.15) is 0 Å². The summed E-state index contributed by atoms with van der Waals surface area (Å²) in [6.45, 7) is 7.14. The lowest BCUT2D eigenvalue weighted by molar-refractivity contribution is -0.146. The largest absolute Gasteiger partial charge is 0.493 e. The maximum atomic E-state index is 12.5. The Hall–Kier alpha value is -3.55. The van der Waals surface area contributed by atoms with Crippen LogP contribution in [0.4, 0.5) is 11.4 Å². The zero-order valence-corrected chi connectivity index (χ0v) is 20.4. The van der Waals surface area contributed by atoms with E-state index in [1.54, 1.807) is 16.8 Å². The second kappa shape index (κ2) is 11.0. The first-order valence-electron chi connectivity index (χ1n) is 11.4. The van der Waals surface area contributed by atoms with E-state index in [0.29, 0.717) is 44.0 Å². The number of fused-ring (bicyclic) bond motifs is 1. The Balaban J connectivity index is 1.55. The summed E-state index contributed by atoms with van der Waals surface area (Å²) in [6.07, 6.45) is 0.950. The lowest BCUT2D eigenvalue weighted by atomic mass is 9.99. The summed E-state index contributed by atoms with van der Waals surface area (Å²) < 4.78 is 11.4. The Kier molecular flexibility index (Phi) is 8.15. The Labute approximate surface area is 201 Å². The highest BCUT2D eigenvalue weighted by Crippen LogP contribution is 2.33. The molecule has 2 aromatic carbocycles. The highest BCUT2D eigenvalue weighted by Gasteiger charge is 2.24. The van der Waals surface area contributed by atoms with Crippen LogP contribution < -0.4 is 15.4 Å². The van der Waals surface area contributed by atoms with Crippen LogP contribution in [0.1, 0.15) is 39.2 Å². The van der Waals surface area contributed by atoms with E-state index in [9.17, 15) is 9.59 Å². The van der Waals surface area contributed by atoms with Crippen molar-refractivity contribution in [1.82, 2.24) is 4.90 Å². The van der Waals surface area contributed by atoms with Gasteiger partial charge in [-0.15, -0.1) is 0 Å². The molecular weight excluding hydrogens is 432 g/mol. The number of rotatable bonds is 9. The highest BCUT2D eigenvalue weighted by atomic mass is 16.5. The number of nitrogens with two attached hydrogens (primary N) is 1. The number of para-hydroxylation sites is 1. The molecular formula is C26H34N4O4. The van der Waals surface area contributed by atoms with Crippen molar-refractivity contribution >= 4 is 29.2 Å². The molecule has 0 unspecified atom stereocenters. The molecule has 0 atom stereocenters. The van der Waals surface area contributed by atoms with Crippen LogP contribution in [0.15, 0.2) is 53.5 Å². The van der Waals surface area contributed by atoms with Crippen LogP contribution >= 0.6 is 0 Å². The number of esters is 1. The molecule has 8 heteroatoms. The minimum atomic E-state index is -0.351. The average molecular weight is 467 g/mol. The smallest absolute Gasteiger partial charge is 0.325 e. The average Bonchev–Trinajstić information content (AvgIpc) is 2.80. The van der Waals surface area contributed by atoms with E-state index in [2.05, 4.69) is 4.99 Å². The fraction of sp³-hybridized carbons (Fsp3) is 0.423. The van der Waals surface area contributed by atoms with Gasteiger partial charge in [-0.3, -0.25) is 9.59 Å². The Morgan fingerprint density at radius 1 is 1.12 bits per heavy atom. The zero-order chi connectivity index (χ0) is 24.7. The van der Waals surface area contributed by atoms with E-state index in [0.717, 1.165) is 11.3 Å². The van der Waals surface area contributed by atoms with Crippen LogP contribution in [0.25, 0.3) is 0 Å². The normalized spacial score (nSPS) is 13.1. The SMILES string of the molecule is CN(C(=O)CCCOc1cccc2c1CN(CC(=O)OCC(C)(C)C)C(N)=N2)c1ccccc1. The number of carbonyl (C=O) groups is 2. The molecule has 1 aliphatic heterocycles. The number of benzene rings is 2. The molecule has 2 N–H and O–H groups in total. The first kappa shape index (κ1) is 25.1. The number of amides is 1. The molecule has 0 fully saturated rings. The lowest BCUT2D eigenvalue weighted by Gasteiger charge is -2.29. The third-order valence-corrected chi connectivity index (χ3v) is 5.31. The topological polar surface area (TPSA) is 97.5 Å². The van der Waals surface area contributed by atoms with Gasteiger partial charge in [0.05, 0.1) is 25.4 Å². The first-order chi connectivity index (χ1) is 16.1. The number of hydrogen-bond acceptors (Lipinski definition) is 7. The number of hydrogen-bond donors (Lipinski definition) is 1. The van der Waals surface area contributed by atoms with Crippen LogP contribution in [0.5, 0.6) is 5.75 Å². The molecule has 0 radical (unpaired) electrons. The van der Waals surface area contributed by atoms with Gasteiger partial charge in [0.15, 0.2) is 5.96 Å². The first-order valence-corrected chi connectivity index (χ1v) is 11.4. The molecule has 1 aliphatic rings. The molecule has 1 amide bonds. The van der Waals surface area contributed by atoms with Crippen molar-refractivity contribution in [2.45, 2.75) is 40.2 Å². The maximum Gasteiger partial charge on any atom is 0.325 e. The molecule has 0 saturated heterocycles. The third-order valence-electron chi connectivity index (χ3n) is 5.31. The molecule has 0 aromatic heterocycles. The maximum absolute atomic E-state index is 12.5. The van der Waals surface area contributed by atoms with E-state index >= 15 is 0 Å². The predicted octanol–water partition coefficient (Wildman–Crippen LogP) is 3.86.